The third kappa shape index (κ3) is 7.53. The molecule has 1 saturated heterocycles. The van der Waals surface area contributed by atoms with E-state index >= 15 is 0 Å². The second kappa shape index (κ2) is 12.5. The molecular formula is C22H34IN5S. The van der Waals surface area contributed by atoms with Gasteiger partial charge in [-0.1, -0.05) is 31.2 Å². The number of hydrogen-bond acceptors (Lipinski definition) is 4. The molecule has 1 aliphatic rings. The van der Waals surface area contributed by atoms with Gasteiger partial charge in [0.2, 0.25) is 0 Å². The van der Waals surface area contributed by atoms with Crippen molar-refractivity contribution in [1.29, 1.82) is 0 Å². The number of halogens is 1. The zero-order valence-corrected chi connectivity index (χ0v) is 20.9. The summed E-state index contributed by atoms with van der Waals surface area (Å²) in [6.07, 6.45) is 3.51. The molecule has 160 valence electrons. The Balaban J connectivity index is 0.00000300. The summed E-state index contributed by atoms with van der Waals surface area (Å²) in [5.41, 5.74) is 3.96. The van der Waals surface area contributed by atoms with Crippen LogP contribution >= 0.6 is 35.3 Å². The Hall–Kier alpha value is -1.19. The van der Waals surface area contributed by atoms with E-state index < -0.39 is 0 Å². The summed E-state index contributed by atoms with van der Waals surface area (Å²) >= 11 is 1.74. The minimum atomic E-state index is 0. The summed E-state index contributed by atoms with van der Waals surface area (Å²) in [4.78, 5) is 11.5. The van der Waals surface area contributed by atoms with Crippen LogP contribution in [0.2, 0.25) is 0 Å². The van der Waals surface area contributed by atoms with Gasteiger partial charge in [-0.15, -0.1) is 35.3 Å². The molecule has 5 nitrogen and oxygen atoms in total. The van der Waals surface area contributed by atoms with Crippen molar-refractivity contribution in [1.82, 2.24) is 20.5 Å². The molecule has 3 rings (SSSR count). The zero-order valence-electron chi connectivity index (χ0n) is 17.8. The number of guanidine groups is 1. The Bertz CT molecular complexity index is 768. The molecule has 0 saturated carbocycles. The summed E-state index contributed by atoms with van der Waals surface area (Å²) in [5.74, 6) is 1.60. The lowest BCUT2D eigenvalue weighted by atomic mass is 9.97. The van der Waals surface area contributed by atoms with E-state index in [2.05, 4.69) is 69.0 Å². The van der Waals surface area contributed by atoms with Crippen molar-refractivity contribution in [2.75, 3.05) is 26.7 Å². The average molecular weight is 528 g/mol. The molecular weight excluding hydrogens is 493 g/mol. The molecule has 0 bridgehead atoms. The number of aliphatic imine (C=N–C) groups is 1. The van der Waals surface area contributed by atoms with Crippen LogP contribution in [0, 0.1) is 12.8 Å². The second-order valence-electron chi connectivity index (χ2n) is 7.51. The number of thiazole rings is 1. The van der Waals surface area contributed by atoms with E-state index in [1.807, 2.05) is 7.05 Å². The van der Waals surface area contributed by atoms with E-state index in [-0.39, 0.29) is 24.0 Å². The Morgan fingerprint density at radius 1 is 1.21 bits per heavy atom. The van der Waals surface area contributed by atoms with Crippen molar-refractivity contribution < 1.29 is 0 Å². The van der Waals surface area contributed by atoms with Crippen molar-refractivity contribution in [2.45, 2.75) is 46.2 Å². The molecule has 0 aliphatic carbocycles. The van der Waals surface area contributed by atoms with Gasteiger partial charge in [-0.2, -0.15) is 0 Å². The third-order valence-corrected chi connectivity index (χ3v) is 6.31. The highest BCUT2D eigenvalue weighted by molar-refractivity contribution is 14.0. The van der Waals surface area contributed by atoms with Gasteiger partial charge in [0.15, 0.2) is 5.96 Å². The van der Waals surface area contributed by atoms with E-state index in [1.165, 1.54) is 29.7 Å². The van der Waals surface area contributed by atoms with Crippen molar-refractivity contribution in [3.63, 3.8) is 0 Å². The summed E-state index contributed by atoms with van der Waals surface area (Å²) in [6.45, 7) is 9.37. The van der Waals surface area contributed by atoms with Crippen LogP contribution in [0.4, 0.5) is 0 Å². The molecule has 2 N–H and O–H groups in total. The molecule has 1 aromatic heterocycles. The van der Waals surface area contributed by atoms with E-state index in [4.69, 9.17) is 0 Å². The standard InChI is InChI=1S/C22H33N5S.HI/c1-4-19-7-5-6-8-20(19)14-25-22(23-3)24-13-18-9-11-27(12-10-18)15-21-16-28-17(2)26-21;/h5-8,16,18H,4,9-15H2,1-3H3,(H2,23,24,25);1H. The van der Waals surface area contributed by atoms with Crippen molar-refractivity contribution in [3.05, 3.63) is 51.5 Å². The SMILES string of the molecule is CCc1ccccc1CNC(=NC)NCC1CCN(Cc2csc(C)n2)CC1.I. The minimum Gasteiger partial charge on any atom is -0.356 e. The first kappa shape index (κ1) is 24.1. The predicted molar refractivity (Wildman–Crippen MR) is 134 cm³/mol. The highest BCUT2D eigenvalue weighted by Gasteiger charge is 2.20. The first-order valence-electron chi connectivity index (χ1n) is 10.3. The van der Waals surface area contributed by atoms with Crippen molar-refractivity contribution in [2.24, 2.45) is 10.9 Å². The van der Waals surface area contributed by atoms with E-state index in [0.717, 1.165) is 50.1 Å². The summed E-state index contributed by atoms with van der Waals surface area (Å²) in [5, 5.41) is 10.3. The van der Waals surface area contributed by atoms with Crippen LogP contribution in [0.25, 0.3) is 0 Å². The lowest BCUT2D eigenvalue weighted by Crippen LogP contribution is -2.42. The van der Waals surface area contributed by atoms with E-state index in [0.29, 0.717) is 5.92 Å². The van der Waals surface area contributed by atoms with Gasteiger partial charge in [-0.05, 0) is 56.3 Å². The predicted octanol–water partition coefficient (Wildman–Crippen LogP) is 4.21. The van der Waals surface area contributed by atoms with Gasteiger partial charge >= 0.3 is 0 Å². The Kier molecular flexibility index (Phi) is 10.4. The molecule has 1 aliphatic heterocycles. The lowest BCUT2D eigenvalue weighted by molar-refractivity contribution is 0.176. The van der Waals surface area contributed by atoms with Crippen LogP contribution in [0.15, 0.2) is 34.6 Å². The average Bonchev–Trinajstić information content (AvgIpc) is 3.14. The van der Waals surface area contributed by atoms with E-state index in [9.17, 15) is 0 Å². The number of hydrogen-bond donors (Lipinski definition) is 2. The van der Waals surface area contributed by atoms with Crippen molar-refractivity contribution in [3.8, 4) is 0 Å². The Morgan fingerprint density at radius 2 is 1.93 bits per heavy atom. The molecule has 0 unspecified atom stereocenters. The van der Waals surface area contributed by atoms with Crippen LogP contribution < -0.4 is 10.6 Å². The topological polar surface area (TPSA) is 52.6 Å². The Morgan fingerprint density at radius 3 is 2.55 bits per heavy atom. The maximum absolute atomic E-state index is 4.59. The number of nitrogens with one attached hydrogen (secondary N) is 2. The Labute approximate surface area is 196 Å². The fraction of sp³-hybridized carbons (Fsp3) is 0.545. The number of rotatable bonds is 7. The van der Waals surface area contributed by atoms with Gasteiger partial charge in [0.25, 0.3) is 0 Å². The molecule has 0 spiro atoms. The number of aryl methyl sites for hydroxylation is 2. The number of likely N-dealkylation sites (tertiary alicyclic amines) is 1. The van der Waals surface area contributed by atoms with Gasteiger partial charge in [-0.3, -0.25) is 9.89 Å². The number of benzene rings is 1. The molecule has 29 heavy (non-hydrogen) atoms. The molecule has 0 amide bonds. The van der Waals surface area contributed by atoms with Crippen LogP contribution in [-0.4, -0.2) is 42.5 Å². The first-order valence-corrected chi connectivity index (χ1v) is 11.2. The molecule has 0 radical (unpaired) electrons. The number of aromatic nitrogens is 1. The van der Waals surface area contributed by atoms with Gasteiger partial charge < -0.3 is 10.6 Å². The molecule has 1 aromatic carbocycles. The maximum Gasteiger partial charge on any atom is 0.191 e. The molecule has 1 fully saturated rings. The molecule has 0 atom stereocenters. The normalized spacial score (nSPS) is 15.8. The largest absolute Gasteiger partial charge is 0.356 e. The first-order chi connectivity index (χ1) is 13.7. The van der Waals surface area contributed by atoms with Gasteiger partial charge in [0.1, 0.15) is 0 Å². The van der Waals surface area contributed by atoms with Gasteiger partial charge in [-0.25, -0.2) is 4.98 Å². The second-order valence-corrected chi connectivity index (χ2v) is 8.57. The summed E-state index contributed by atoms with van der Waals surface area (Å²) in [6, 6.07) is 8.61. The molecule has 2 heterocycles. The highest BCUT2D eigenvalue weighted by atomic mass is 127. The quantitative estimate of drug-likeness (QED) is 0.322. The number of nitrogens with zero attached hydrogens (tertiary/aromatic N) is 3. The zero-order chi connectivity index (χ0) is 19.8. The smallest absolute Gasteiger partial charge is 0.191 e. The summed E-state index contributed by atoms with van der Waals surface area (Å²) in [7, 11) is 1.85. The summed E-state index contributed by atoms with van der Waals surface area (Å²) < 4.78 is 0. The fourth-order valence-electron chi connectivity index (χ4n) is 3.77. The minimum absolute atomic E-state index is 0. The van der Waals surface area contributed by atoms with Crippen LogP contribution in [-0.2, 0) is 19.5 Å². The van der Waals surface area contributed by atoms with Crippen molar-refractivity contribution >= 4 is 41.3 Å². The van der Waals surface area contributed by atoms with Gasteiger partial charge in [0, 0.05) is 32.1 Å². The fourth-order valence-corrected chi connectivity index (χ4v) is 4.38. The van der Waals surface area contributed by atoms with Crippen LogP contribution in [0.1, 0.15) is 41.6 Å². The van der Waals surface area contributed by atoms with Crippen LogP contribution in [0.3, 0.4) is 0 Å². The molecule has 7 heteroatoms. The van der Waals surface area contributed by atoms with Crippen LogP contribution in [0.5, 0.6) is 0 Å². The number of piperidine rings is 1. The van der Waals surface area contributed by atoms with E-state index in [1.54, 1.807) is 11.3 Å². The maximum atomic E-state index is 4.59. The molecule has 2 aromatic rings. The third-order valence-electron chi connectivity index (χ3n) is 5.49. The monoisotopic (exact) mass is 527 g/mol. The van der Waals surface area contributed by atoms with Gasteiger partial charge in [0.05, 0.1) is 10.7 Å². The highest BCUT2D eigenvalue weighted by Crippen LogP contribution is 2.19. The lowest BCUT2D eigenvalue weighted by Gasteiger charge is -2.31.